The zero-order valence-corrected chi connectivity index (χ0v) is 24.4. The summed E-state index contributed by atoms with van der Waals surface area (Å²) in [4.78, 5) is 4.81. The van der Waals surface area contributed by atoms with Crippen LogP contribution in [0.5, 0.6) is 0 Å². The summed E-state index contributed by atoms with van der Waals surface area (Å²) in [6, 6.07) is 44.7. The van der Waals surface area contributed by atoms with Crippen molar-refractivity contribution in [3.8, 4) is 11.1 Å². The van der Waals surface area contributed by atoms with Gasteiger partial charge in [-0.05, 0) is 81.3 Å². The van der Waals surface area contributed by atoms with Crippen molar-refractivity contribution < 1.29 is 0 Å². The molecule has 0 aliphatic carbocycles. The lowest BCUT2D eigenvalue weighted by atomic mass is 10.00. The molecule has 0 bridgehead atoms. The molecule has 6 aromatic carbocycles. The molecule has 0 spiro atoms. The van der Waals surface area contributed by atoms with Crippen molar-refractivity contribution in [3.05, 3.63) is 162 Å². The van der Waals surface area contributed by atoms with E-state index in [9.17, 15) is 0 Å². The van der Waals surface area contributed by atoms with E-state index in [2.05, 4.69) is 133 Å². The second-order valence-corrected chi connectivity index (χ2v) is 11.2. The number of hydrogen-bond acceptors (Lipinski definition) is 3. The zero-order valence-electron chi connectivity index (χ0n) is 24.4. The van der Waals surface area contributed by atoms with Crippen molar-refractivity contribution in [2.45, 2.75) is 12.8 Å². The fourth-order valence-electron chi connectivity index (χ4n) is 5.86. The van der Waals surface area contributed by atoms with E-state index in [-0.39, 0.29) is 0 Å². The molecule has 4 N–H and O–H groups in total. The van der Waals surface area contributed by atoms with Crippen LogP contribution in [0, 0.1) is 0 Å². The number of aromatic nitrogens is 1. The Hall–Kier alpha value is -5.67. The van der Waals surface area contributed by atoms with Gasteiger partial charge in [-0.15, -0.1) is 0 Å². The maximum Gasteiger partial charge on any atom is 0.0710 e. The summed E-state index contributed by atoms with van der Waals surface area (Å²) in [5, 5.41) is 4.84. The smallest absolute Gasteiger partial charge is 0.0710 e. The molecule has 0 aliphatic rings. The van der Waals surface area contributed by atoms with Crippen LogP contribution in [0.3, 0.4) is 0 Å². The van der Waals surface area contributed by atoms with Crippen molar-refractivity contribution in [1.29, 1.82) is 0 Å². The average Bonchev–Trinajstić information content (AvgIpc) is 3.07. The molecule has 0 unspecified atom stereocenters. The maximum atomic E-state index is 6.46. The molecule has 3 heteroatoms. The first-order valence-corrected chi connectivity index (χ1v) is 15.0. The van der Waals surface area contributed by atoms with Gasteiger partial charge in [0.05, 0.1) is 22.4 Å². The SMILES string of the molecule is Nc1c(/C=C\Cc2ccc(-c3ccc4nc5ccccc5cc4c3)cc2)ccc(/C=C\Cc2cccc3ccccc23)c1N. The average molecular weight is 568 g/mol. The van der Waals surface area contributed by atoms with Gasteiger partial charge in [-0.25, -0.2) is 4.98 Å². The maximum absolute atomic E-state index is 6.46. The summed E-state index contributed by atoms with van der Waals surface area (Å²) < 4.78 is 0. The molecule has 0 fully saturated rings. The van der Waals surface area contributed by atoms with Gasteiger partial charge in [-0.3, -0.25) is 0 Å². The number of nitrogen functional groups attached to an aromatic ring is 2. The van der Waals surface area contributed by atoms with Gasteiger partial charge in [0.25, 0.3) is 0 Å². The van der Waals surface area contributed by atoms with Gasteiger partial charge in [0.1, 0.15) is 0 Å². The van der Waals surface area contributed by atoms with E-state index in [1.165, 1.54) is 33.0 Å². The quantitative estimate of drug-likeness (QED) is 0.149. The number of anilines is 2. The fraction of sp³-hybridized carbons (Fsp3) is 0.0488. The van der Waals surface area contributed by atoms with Crippen LogP contribution in [0.2, 0.25) is 0 Å². The molecule has 0 amide bonds. The molecular formula is C41H33N3. The van der Waals surface area contributed by atoms with Crippen LogP contribution >= 0.6 is 0 Å². The predicted molar refractivity (Wildman–Crippen MR) is 189 cm³/mol. The largest absolute Gasteiger partial charge is 0.397 e. The molecule has 7 aromatic rings. The number of nitrogens with zero attached hydrogens (tertiary/aromatic N) is 1. The summed E-state index contributed by atoms with van der Waals surface area (Å²) in [5.41, 5.74) is 23.0. The van der Waals surface area contributed by atoms with Crippen molar-refractivity contribution in [3.63, 3.8) is 0 Å². The van der Waals surface area contributed by atoms with E-state index in [0.29, 0.717) is 11.4 Å². The molecule has 7 rings (SSSR count). The summed E-state index contributed by atoms with van der Waals surface area (Å²) >= 11 is 0. The van der Waals surface area contributed by atoms with E-state index < -0.39 is 0 Å². The lowest BCUT2D eigenvalue weighted by Crippen LogP contribution is -1.99. The Balaban J connectivity index is 1.01. The van der Waals surface area contributed by atoms with Gasteiger partial charge in [-0.2, -0.15) is 0 Å². The Morgan fingerprint density at radius 1 is 0.500 bits per heavy atom. The monoisotopic (exact) mass is 567 g/mol. The van der Waals surface area contributed by atoms with Crippen LogP contribution in [0.1, 0.15) is 22.3 Å². The lowest BCUT2D eigenvalue weighted by Gasteiger charge is -2.09. The second-order valence-electron chi connectivity index (χ2n) is 11.2. The molecule has 44 heavy (non-hydrogen) atoms. The topological polar surface area (TPSA) is 64.9 Å². The summed E-state index contributed by atoms with van der Waals surface area (Å²) in [5.74, 6) is 0. The summed E-state index contributed by atoms with van der Waals surface area (Å²) in [6.07, 6.45) is 10.1. The molecular weight excluding hydrogens is 534 g/mol. The Morgan fingerprint density at radius 2 is 1.14 bits per heavy atom. The Morgan fingerprint density at radius 3 is 1.93 bits per heavy atom. The number of nitrogens with two attached hydrogens (primary N) is 2. The van der Waals surface area contributed by atoms with Gasteiger partial charge in [0.15, 0.2) is 0 Å². The minimum Gasteiger partial charge on any atom is -0.397 e. The number of fused-ring (bicyclic) bond motifs is 3. The second kappa shape index (κ2) is 11.9. The first-order chi connectivity index (χ1) is 21.6. The predicted octanol–water partition coefficient (Wildman–Crippen LogP) is 9.88. The highest BCUT2D eigenvalue weighted by Gasteiger charge is 2.06. The van der Waals surface area contributed by atoms with E-state index in [0.717, 1.165) is 45.8 Å². The van der Waals surface area contributed by atoms with E-state index in [4.69, 9.17) is 16.5 Å². The van der Waals surface area contributed by atoms with Crippen molar-refractivity contribution in [2.75, 3.05) is 11.5 Å². The number of hydrogen-bond donors (Lipinski definition) is 2. The normalized spacial score (nSPS) is 11.8. The highest BCUT2D eigenvalue weighted by molar-refractivity contribution is 5.94. The van der Waals surface area contributed by atoms with Crippen molar-refractivity contribution in [2.24, 2.45) is 0 Å². The van der Waals surface area contributed by atoms with E-state index >= 15 is 0 Å². The molecule has 0 saturated heterocycles. The number of pyridine rings is 1. The van der Waals surface area contributed by atoms with Crippen LogP contribution < -0.4 is 11.5 Å². The van der Waals surface area contributed by atoms with Gasteiger partial charge < -0.3 is 11.5 Å². The molecule has 0 atom stereocenters. The Bertz CT molecular complexity index is 2180. The van der Waals surface area contributed by atoms with E-state index in [1.54, 1.807) is 0 Å². The third kappa shape index (κ3) is 5.56. The third-order valence-corrected chi connectivity index (χ3v) is 8.32. The minimum absolute atomic E-state index is 0.613. The number of allylic oxidation sites excluding steroid dienone is 2. The number of rotatable bonds is 7. The first kappa shape index (κ1) is 27.2. The van der Waals surface area contributed by atoms with Crippen LogP contribution in [-0.4, -0.2) is 4.98 Å². The molecule has 212 valence electrons. The highest BCUT2D eigenvalue weighted by Crippen LogP contribution is 2.29. The number of benzene rings is 6. The molecule has 0 aliphatic heterocycles. The molecule has 0 radical (unpaired) electrons. The van der Waals surface area contributed by atoms with Crippen LogP contribution in [-0.2, 0) is 12.8 Å². The van der Waals surface area contributed by atoms with E-state index in [1.807, 2.05) is 18.2 Å². The summed E-state index contributed by atoms with van der Waals surface area (Å²) in [7, 11) is 0. The molecule has 1 aromatic heterocycles. The van der Waals surface area contributed by atoms with Crippen LogP contribution in [0.25, 0.3) is 55.9 Å². The highest BCUT2D eigenvalue weighted by atomic mass is 14.7. The Labute approximate surface area is 257 Å². The van der Waals surface area contributed by atoms with Gasteiger partial charge in [-0.1, -0.05) is 127 Å². The summed E-state index contributed by atoms with van der Waals surface area (Å²) in [6.45, 7) is 0. The van der Waals surface area contributed by atoms with Crippen LogP contribution in [0.4, 0.5) is 11.4 Å². The lowest BCUT2D eigenvalue weighted by molar-refractivity contribution is 1.28. The third-order valence-electron chi connectivity index (χ3n) is 8.32. The van der Waals surface area contributed by atoms with Crippen molar-refractivity contribution >= 4 is 56.1 Å². The van der Waals surface area contributed by atoms with Gasteiger partial charge >= 0.3 is 0 Å². The molecule has 3 nitrogen and oxygen atoms in total. The van der Waals surface area contributed by atoms with Gasteiger partial charge in [0.2, 0.25) is 0 Å². The van der Waals surface area contributed by atoms with Crippen molar-refractivity contribution in [1.82, 2.24) is 4.98 Å². The standard InChI is InChI=1S/C41H33N3/c42-40-32(22-23-33(41(40)43)15-7-13-31-12-6-11-30-9-1-3-16-37(30)31)14-5-8-28-18-20-29(21-19-28)34-24-25-39-36(26-34)27-35-10-2-4-17-38(35)44-39/h1-7,9-12,14-27H,8,13,42-43H2/b14-5-,15-7-. The Kier molecular flexibility index (Phi) is 7.35. The van der Waals surface area contributed by atoms with Crippen LogP contribution in [0.15, 0.2) is 140 Å². The minimum atomic E-state index is 0.613. The first-order valence-electron chi connectivity index (χ1n) is 15.0. The zero-order chi connectivity index (χ0) is 29.9. The fourth-order valence-corrected chi connectivity index (χ4v) is 5.86. The molecule has 0 saturated carbocycles. The number of para-hydroxylation sites is 1. The molecule has 1 heterocycles. The van der Waals surface area contributed by atoms with Gasteiger partial charge in [0, 0.05) is 10.8 Å².